The van der Waals surface area contributed by atoms with E-state index >= 15 is 0 Å². The van der Waals surface area contributed by atoms with Crippen molar-refractivity contribution in [2.75, 3.05) is 13.1 Å². The molecule has 1 fully saturated rings. The lowest BCUT2D eigenvalue weighted by molar-refractivity contribution is -0.143. The normalized spacial score (nSPS) is 17.5. The summed E-state index contributed by atoms with van der Waals surface area (Å²) in [5.41, 5.74) is 0.594. The highest BCUT2D eigenvalue weighted by atomic mass is 35.5. The molecule has 1 aliphatic rings. The lowest BCUT2D eigenvalue weighted by Crippen LogP contribution is -2.39. The highest BCUT2D eigenvalue weighted by Gasteiger charge is 2.35. The first-order valence-electron chi connectivity index (χ1n) is 10.9. The number of carbonyl (C=O) groups is 2. The van der Waals surface area contributed by atoms with Crippen LogP contribution >= 0.6 is 11.6 Å². The van der Waals surface area contributed by atoms with Gasteiger partial charge >= 0.3 is 11.6 Å². The third kappa shape index (κ3) is 4.77. The van der Waals surface area contributed by atoms with Crippen LogP contribution in [0.15, 0.2) is 51.7 Å². The maximum absolute atomic E-state index is 13.5. The molecule has 2 aromatic carbocycles. The van der Waals surface area contributed by atoms with Gasteiger partial charge in [-0.1, -0.05) is 18.5 Å². The number of ether oxygens (including phenoxy) is 1. The van der Waals surface area contributed by atoms with Crippen molar-refractivity contribution in [3.05, 3.63) is 63.7 Å². The molecule has 34 heavy (non-hydrogen) atoms. The number of amides is 1. The minimum Gasteiger partial charge on any atom is -0.481 e. The molecule has 1 saturated heterocycles. The number of carboxylic acids is 1. The Bertz CT molecular complexity index is 1320. The Morgan fingerprint density at radius 3 is 2.65 bits per heavy atom. The van der Waals surface area contributed by atoms with Crippen LogP contribution in [0.25, 0.3) is 22.1 Å². The molecule has 0 aliphatic carbocycles. The standard InChI is InChI=1S/C25H23ClFNO6/c1-13(25(31)32)15-7-8-28(12-15)24(30)14(2)33-17-4-6-19-20(11-23(29)34-22(19)10-17)18-5-3-16(27)9-21(18)26/h3-6,9-11,13-15H,7-8,12H2,1-2H3,(H,31,32)/t13?,14-,15+/m1/s1. The van der Waals surface area contributed by atoms with Gasteiger partial charge < -0.3 is 19.2 Å². The van der Waals surface area contributed by atoms with Crippen LogP contribution in [0, 0.1) is 17.7 Å². The first kappa shape index (κ1) is 23.8. The van der Waals surface area contributed by atoms with E-state index in [-0.39, 0.29) is 22.4 Å². The molecule has 0 spiro atoms. The van der Waals surface area contributed by atoms with E-state index in [0.717, 1.165) is 0 Å². The van der Waals surface area contributed by atoms with Crippen molar-refractivity contribution in [1.82, 2.24) is 4.90 Å². The van der Waals surface area contributed by atoms with Crippen molar-refractivity contribution >= 4 is 34.4 Å². The molecule has 9 heteroatoms. The summed E-state index contributed by atoms with van der Waals surface area (Å²) in [7, 11) is 0. The van der Waals surface area contributed by atoms with Crippen LogP contribution in [0.5, 0.6) is 5.75 Å². The summed E-state index contributed by atoms with van der Waals surface area (Å²) < 4.78 is 24.6. The zero-order valence-corrected chi connectivity index (χ0v) is 19.3. The van der Waals surface area contributed by atoms with Crippen molar-refractivity contribution in [2.45, 2.75) is 26.4 Å². The second-order valence-corrected chi connectivity index (χ2v) is 8.89. The molecular formula is C25H23ClFNO6. The molecule has 0 radical (unpaired) electrons. The number of carbonyl (C=O) groups excluding carboxylic acids is 1. The van der Waals surface area contributed by atoms with Gasteiger partial charge in [-0.25, -0.2) is 9.18 Å². The molecule has 0 saturated carbocycles. The average molecular weight is 488 g/mol. The van der Waals surface area contributed by atoms with Gasteiger partial charge in [0.1, 0.15) is 17.1 Å². The van der Waals surface area contributed by atoms with E-state index in [1.165, 1.54) is 30.3 Å². The van der Waals surface area contributed by atoms with Gasteiger partial charge in [-0.15, -0.1) is 0 Å². The van der Waals surface area contributed by atoms with Crippen molar-refractivity contribution in [3.63, 3.8) is 0 Å². The molecule has 7 nitrogen and oxygen atoms in total. The van der Waals surface area contributed by atoms with Gasteiger partial charge in [-0.05, 0) is 49.6 Å². The predicted molar refractivity (Wildman–Crippen MR) is 124 cm³/mol. The summed E-state index contributed by atoms with van der Waals surface area (Å²) in [5, 5.41) is 9.95. The number of aliphatic carboxylic acids is 1. The number of rotatable bonds is 6. The Kier molecular flexibility index (Phi) is 6.61. The van der Waals surface area contributed by atoms with Gasteiger partial charge in [-0.2, -0.15) is 0 Å². The number of hydrogen-bond donors (Lipinski definition) is 1. The molecule has 1 amide bonds. The second kappa shape index (κ2) is 9.46. The largest absolute Gasteiger partial charge is 0.481 e. The monoisotopic (exact) mass is 487 g/mol. The van der Waals surface area contributed by atoms with Gasteiger partial charge in [0.15, 0.2) is 6.10 Å². The SMILES string of the molecule is CC(C(=O)O)[C@H]1CCN(C(=O)[C@@H](C)Oc2ccc3c(-c4ccc(F)cc4Cl)cc(=O)oc3c2)C1. The fraction of sp³-hybridized carbons (Fsp3) is 0.320. The highest BCUT2D eigenvalue weighted by Crippen LogP contribution is 2.34. The quantitative estimate of drug-likeness (QED) is 0.511. The summed E-state index contributed by atoms with van der Waals surface area (Å²) in [5.74, 6) is -1.90. The Labute approximate surface area is 199 Å². The first-order valence-corrected chi connectivity index (χ1v) is 11.2. The van der Waals surface area contributed by atoms with Crippen molar-refractivity contribution in [2.24, 2.45) is 11.8 Å². The number of carboxylic acid groups (broad SMARTS) is 1. The summed E-state index contributed by atoms with van der Waals surface area (Å²) in [6.07, 6.45) is -0.195. The van der Waals surface area contributed by atoms with E-state index in [0.29, 0.717) is 41.8 Å². The van der Waals surface area contributed by atoms with Crippen LogP contribution in [0.4, 0.5) is 4.39 Å². The maximum atomic E-state index is 13.5. The van der Waals surface area contributed by atoms with Crippen molar-refractivity contribution in [1.29, 1.82) is 0 Å². The molecule has 1 unspecified atom stereocenters. The Hall–Kier alpha value is -3.39. The van der Waals surface area contributed by atoms with E-state index in [1.54, 1.807) is 30.9 Å². The minimum absolute atomic E-state index is 0.0969. The minimum atomic E-state index is -0.873. The molecule has 1 aromatic heterocycles. The molecule has 3 atom stereocenters. The van der Waals surface area contributed by atoms with Gasteiger partial charge in [0.2, 0.25) is 0 Å². The summed E-state index contributed by atoms with van der Waals surface area (Å²) >= 11 is 6.19. The van der Waals surface area contributed by atoms with Crippen LogP contribution in [-0.2, 0) is 9.59 Å². The molecule has 1 N–H and O–H groups in total. The number of fused-ring (bicyclic) bond motifs is 1. The number of benzene rings is 2. The van der Waals surface area contributed by atoms with Crippen LogP contribution < -0.4 is 10.4 Å². The molecular weight excluding hydrogens is 465 g/mol. The van der Waals surface area contributed by atoms with Crippen molar-refractivity contribution in [3.8, 4) is 16.9 Å². The zero-order valence-electron chi connectivity index (χ0n) is 18.6. The Balaban J connectivity index is 1.55. The molecule has 3 aromatic rings. The Morgan fingerprint density at radius 2 is 1.94 bits per heavy atom. The number of halogens is 2. The van der Waals surface area contributed by atoms with Crippen LogP contribution in [0.2, 0.25) is 5.02 Å². The molecule has 1 aliphatic heterocycles. The molecule has 0 bridgehead atoms. The van der Waals surface area contributed by atoms with Crippen LogP contribution in [0.1, 0.15) is 20.3 Å². The fourth-order valence-electron chi connectivity index (χ4n) is 4.26. The lowest BCUT2D eigenvalue weighted by atomic mass is 9.94. The van der Waals surface area contributed by atoms with Gasteiger partial charge in [-0.3, -0.25) is 9.59 Å². The molecule has 2 heterocycles. The smallest absolute Gasteiger partial charge is 0.336 e. The highest BCUT2D eigenvalue weighted by molar-refractivity contribution is 6.33. The number of nitrogens with zero attached hydrogens (tertiary/aromatic N) is 1. The van der Waals surface area contributed by atoms with Crippen LogP contribution in [0.3, 0.4) is 0 Å². The molecule has 4 rings (SSSR count). The molecule has 178 valence electrons. The van der Waals surface area contributed by atoms with E-state index in [2.05, 4.69) is 0 Å². The number of hydrogen-bond acceptors (Lipinski definition) is 5. The van der Waals surface area contributed by atoms with E-state index in [4.69, 9.17) is 20.8 Å². The summed E-state index contributed by atoms with van der Waals surface area (Å²) in [4.78, 5) is 37.9. The van der Waals surface area contributed by atoms with E-state index in [9.17, 15) is 23.9 Å². The third-order valence-corrected chi connectivity index (χ3v) is 6.54. The summed E-state index contributed by atoms with van der Waals surface area (Å²) in [6, 6.07) is 10.0. The topological polar surface area (TPSA) is 97.0 Å². The van der Waals surface area contributed by atoms with Crippen molar-refractivity contribution < 1.29 is 28.2 Å². The van der Waals surface area contributed by atoms with Gasteiger partial charge in [0.25, 0.3) is 5.91 Å². The summed E-state index contributed by atoms with van der Waals surface area (Å²) in [6.45, 7) is 4.11. The van der Waals surface area contributed by atoms with E-state index < -0.39 is 29.4 Å². The first-order chi connectivity index (χ1) is 16.1. The maximum Gasteiger partial charge on any atom is 0.336 e. The zero-order chi connectivity index (χ0) is 24.6. The van der Waals surface area contributed by atoms with Crippen LogP contribution in [-0.4, -0.2) is 41.1 Å². The number of likely N-dealkylation sites (tertiary alicyclic amines) is 1. The van der Waals surface area contributed by atoms with Gasteiger partial charge in [0.05, 0.1) is 10.9 Å². The lowest BCUT2D eigenvalue weighted by Gasteiger charge is -2.22. The van der Waals surface area contributed by atoms with Gasteiger partial charge in [0, 0.05) is 41.7 Å². The average Bonchev–Trinajstić information content (AvgIpc) is 3.27. The third-order valence-electron chi connectivity index (χ3n) is 6.23. The predicted octanol–water partition coefficient (Wildman–Crippen LogP) is 4.59. The Morgan fingerprint density at radius 1 is 1.18 bits per heavy atom. The van der Waals surface area contributed by atoms with E-state index in [1.807, 2.05) is 0 Å². The fourth-order valence-corrected chi connectivity index (χ4v) is 4.52. The second-order valence-electron chi connectivity index (χ2n) is 8.48.